The van der Waals surface area contributed by atoms with Gasteiger partial charge in [-0.3, -0.25) is 0 Å². The molecule has 7 heteroatoms. The lowest BCUT2D eigenvalue weighted by atomic mass is 10.2. The molecule has 1 N–H and O–H groups in total. The highest BCUT2D eigenvalue weighted by atomic mass is 19.4. The van der Waals surface area contributed by atoms with E-state index in [1.165, 1.54) is 0 Å². The Balaban J connectivity index is 2.80. The summed E-state index contributed by atoms with van der Waals surface area (Å²) >= 11 is 0. The van der Waals surface area contributed by atoms with Crippen molar-refractivity contribution in [2.75, 3.05) is 6.61 Å². The van der Waals surface area contributed by atoms with Crippen LogP contribution in [0.5, 0.6) is 5.75 Å². The highest BCUT2D eigenvalue weighted by molar-refractivity contribution is 5.87. The van der Waals surface area contributed by atoms with Gasteiger partial charge in [-0.15, -0.1) is 0 Å². The molecule has 1 rings (SSSR count). The Morgan fingerprint density at radius 3 is 2.44 bits per heavy atom. The van der Waals surface area contributed by atoms with Gasteiger partial charge in [0.2, 0.25) is 0 Å². The summed E-state index contributed by atoms with van der Waals surface area (Å²) in [6, 6.07) is 2.38. The molecule has 16 heavy (non-hydrogen) atoms. The summed E-state index contributed by atoms with van der Waals surface area (Å²) in [6.45, 7) is -1.63. The van der Waals surface area contributed by atoms with Gasteiger partial charge in [0, 0.05) is 0 Å². The number of benzene rings is 1. The zero-order valence-corrected chi connectivity index (χ0v) is 7.71. The second kappa shape index (κ2) is 4.38. The maximum Gasteiger partial charge on any atom is 0.422 e. The average Bonchev–Trinajstić information content (AvgIpc) is 2.14. The van der Waals surface area contributed by atoms with E-state index in [0.29, 0.717) is 6.07 Å². The third-order valence-corrected chi connectivity index (χ3v) is 1.57. The van der Waals surface area contributed by atoms with Gasteiger partial charge in [-0.2, -0.15) is 13.2 Å². The quantitative estimate of drug-likeness (QED) is 0.823. The summed E-state index contributed by atoms with van der Waals surface area (Å²) in [6.07, 6.45) is -4.57. The molecule has 3 nitrogen and oxygen atoms in total. The minimum absolute atomic E-state index is 0.364. The number of carboxylic acid groups (broad SMARTS) is 1. The zero-order valence-electron chi connectivity index (χ0n) is 7.71. The average molecular weight is 238 g/mol. The van der Waals surface area contributed by atoms with E-state index in [0.717, 1.165) is 12.1 Å². The molecule has 88 valence electrons. The molecule has 0 unspecified atom stereocenters. The highest BCUT2D eigenvalue weighted by Crippen LogP contribution is 2.22. The van der Waals surface area contributed by atoms with Gasteiger partial charge in [0.25, 0.3) is 0 Å². The number of ether oxygens (including phenoxy) is 1. The van der Waals surface area contributed by atoms with Gasteiger partial charge in [-0.1, -0.05) is 0 Å². The largest absolute Gasteiger partial charge is 0.481 e. The first kappa shape index (κ1) is 12.3. The first-order valence-corrected chi connectivity index (χ1v) is 4.02. The van der Waals surface area contributed by atoms with E-state index in [9.17, 15) is 22.4 Å². The van der Waals surface area contributed by atoms with Crippen molar-refractivity contribution in [1.29, 1.82) is 0 Å². The van der Waals surface area contributed by atoms with Crippen LogP contribution < -0.4 is 4.74 Å². The van der Waals surface area contributed by atoms with E-state index in [-0.39, 0.29) is 5.56 Å². The number of alkyl halides is 3. The molecule has 0 aliphatic rings. The van der Waals surface area contributed by atoms with Crippen molar-refractivity contribution < 1.29 is 32.2 Å². The fourth-order valence-electron chi connectivity index (χ4n) is 0.911. The second-order valence-corrected chi connectivity index (χ2v) is 2.85. The monoisotopic (exact) mass is 238 g/mol. The SMILES string of the molecule is O=C(O)c1ccc(OCC(F)(F)F)c(F)c1. The Hall–Kier alpha value is -1.79. The first-order valence-electron chi connectivity index (χ1n) is 4.02. The number of halogens is 4. The van der Waals surface area contributed by atoms with Crippen LogP contribution in [0, 0.1) is 5.82 Å². The Morgan fingerprint density at radius 2 is 2.00 bits per heavy atom. The topological polar surface area (TPSA) is 46.5 Å². The van der Waals surface area contributed by atoms with Crippen LogP contribution in [0.3, 0.4) is 0 Å². The van der Waals surface area contributed by atoms with Crippen molar-refractivity contribution in [3.05, 3.63) is 29.6 Å². The maximum atomic E-state index is 13.0. The van der Waals surface area contributed by atoms with Crippen LogP contribution in [0.4, 0.5) is 17.6 Å². The van der Waals surface area contributed by atoms with Gasteiger partial charge >= 0.3 is 12.1 Å². The molecular formula is C9H6F4O3. The van der Waals surface area contributed by atoms with Crippen LogP contribution >= 0.6 is 0 Å². The van der Waals surface area contributed by atoms with Crippen LogP contribution in [-0.2, 0) is 0 Å². The summed E-state index contributed by atoms with van der Waals surface area (Å²) in [5, 5.41) is 8.47. The van der Waals surface area contributed by atoms with Gasteiger partial charge in [-0.05, 0) is 18.2 Å². The van der Waals surface area contributed by atoms with Crippen molar-refractivity contribution in [2.45, 2.75) is 6.18 Å². The molecule has 0 saturated heterocycles. The normalized spacial score (nSPS) is 11.2. The van der Waals surface area contributed by atoms with E-state index in [1.54, 1.807) is 0 Å². The van der Waals surface area contributed by atoms with Crippen LogP contribution in [0.2, 0.25) is 0 Å². The molecule has 0 aliphatic heterocycles. The molecule has 0 aromatic heterocycles. The third-order valence-electron chi connectivity index (χ3n) is 1.57. The second-order valence-electron chi connectivity index (χ2n) is 2.85. The lowest BCUT2D eigenvalue weighted by Gasteiger charge is -2.09. The fraction of sp³-hybridized carbons (Fsp3) is 0.222. The Kier molecular flexibility index (Phi) is 3.36. The summed E-state index contributed by atoms with van der Waals surface area (Å²) in [5.74, 6) is -3.16. The molecule has 0 heterocycles. The van der Waals surface area contributed by atoms with E-state index in [4.69, 9.17) is 5.11 Å². The van der Waals surface area contributed by atoms with Crippen LogP contribution in [0.15, 0.2) is 18.2 Å². The Bertz CT molecular complexity index is 400. The van der Waals surface area contributed by atoms with Crippen molar-refractivity contribution >= 4 is 5.97 Å². The number of carboxylic acids is 1. The molecule has 0 radical (unpaired) electrons. The molecule has 0 amide bonds. The lowest BCUT2D eigenvalue weighted by molar-refractivity contribution is -0.153. The van der Waals surface area contributed by atoms with Crippen molar-refractivity contribution in [3.63, 3.8) is 0 Å². The van der Waals surface area contributed by atoms with Gasteiger partial charge in [-0.25, -0.2) is 9.18 Å². The molecule has 0 aliphatic carbocycles. The summed E-state index contributed by atoms with van der Waals surface area (Å²) < 4.78 is 52.4. The van der Waals surface area contributed by atoms with Crippen LogP contribution in [-0.4, -0.2) is 23.9 Å². The minimum Gasteiger partial charge on any atom is -0.481 e. The summed E-state index contributed by atoms with van der Waals surface area (Å²) in [5.41, 5.74) is -0.364. The van der Waals surface area contributed by atoms with Crippen LogP contribution in [0.25, 0.3) is 0 Å². The first-order chi connectivity index (χ1) is 7.29. The van der Waals surface area contributed by atoms with Crippen molar-refractivity contribution in [3.8, 4) is 5.75 Å². The van der Waals surface area contributed by atoms with Gasteiger partial charge in [0.15, 0.2) is 18.2 Å². The van der Waals surface area contributed by atoms with Gasteiger partial charge in [0.05, 0.1) is 5.56 Å². The predicted octanol–water partition coefficient (Wildman–Crippen LogP) is 2.47. The molecule has 0 bridgehead atoms. The molecule has 0 saturated carbocycles. The standard InChI is InChI=1S/C9H6F4O3/c10-6-3-5(8(14)15)1-2-7(6)16-4-9(11,12)13/h1-3H,4H2,(H,14,15). The van der Waals surface area contributed by atoms with Gasteiger partial charge in [0.1, 0.15) is 0 Å². The minimum atomic E-state index is -4.57. The van der Waals surface area contributed by atoms with Crippen molar-refractivity contribution in [1.82, 2.24) is 0 Å². The number of rotatable bonds is 3. The number of carbonyl (C=O) groups is 1. The Labute approximate surface area is 87.3 Å². The molecule has 1 aromatic rings. The van der Waals surface area contributed by atoms with Crippen LogP contribution in [0.1, 0.15) is 10.4 Å². The number of hydrogen-bond acceptors (Lipinski definition) is 2. The molecule has 0 spiro atoms. The number of aromatic carboxylic acids is 1. The Morgan fingerprint density at radius 1 is 1.38 bits per heavy atom. The molecule has 1 aromatic carbocycles. The van der Waals surface area contributed by atoms with Gasteiger partial charge < -0.3 is 9.84 Å². The highest BCUT2D eigenvalue weighted by Gasteiger charge is 2.29. The van der Waals surface area contributed by atoms with Crippen molar-refractivity contribution in [2.24, 2.45) is 0 Å². The molecule has 0 fully saturated rings. The molecule has 0 atom stereocenters. The summed E-state index contributed by atoms with van der Waals surface area (Å²) in [4.78, 5) is 10.4. The molecular weight excluding hydrogens is 232 g/mol. The number of hydrogen-bond donors (Lipinski definition) is 1. The van der Waals surface area contributed by atoms with E-state index < -0.39 is 30.3 Å². The predicted molar refractivity (Wildman–Crippen MR) is 44.9 cm³/mol. The fourth-order valence-corrected chi connectivity index (χ4v) is 0.911. The smallest absolute Gasteiger partial charge is 0.422 e. The third kappa shape index (κ3) is 3.41. The van der Waals surface area contributed by atoms with E-state index in [1.807, 2.05) is 0 Å². The zero-order chi connectivity index (χ0) is 12.3. The maximum absolute atomic E-state index is 13.0. The summed E-state index contributed by atoms with van der Waals surface area (Å²) in [7, 11) is 0. The lowest BCUT2D eigenvalue weighted by Crippen LogP contribution is -2.19. The van der Waals surface area contributed by atoms with E-state index >= 15 is 0 Å². The van der Waals surface area contributed by atoms with E-state index in [2.05, 4.69) is 4.74 Å².